The molecule has 1 amide bonds. The number of aromatic nitrogens is 2. The predicted molar refractivity (Wildman–Crippen MR) is 76.1 cm³/mol. The van der Waals surface area contributed by atoms with Crippen LogP contribution in [0.4, 0.5) is 0 Å². The van der Waals surface area contributed by atoms with E-state index in [1.165, 1.54) is 4.90 Å². The number of rotatable bonds is 2. The molecule has 6 nitrogen and oxygen atoms in total. The Morgan fingerprint density at radius 3 is 2.90 bits per heavy atom. The second-order valence-electron chi connectivity index (χ2n) is 5.57. The van der Waals surface area contributed by atoms with Crippen molar-refractivity contribution in [3.8, 4) is 0 Å². The number of aliphatic carboxylic acids is 1. The zero-order valence-electron chi connectivity index (χ0n) is 11.8. The SMILES string of the molecule is CC1CCN(C(=O)c2cn3ccccc3n2)C(C(=O)O)C1. The number of amides is 1. The highest BCUT2D eigenvalue weighted by atomic mass is 16.4. The van der Waals surface area contributed by atoms with Crippen molar-refractivity contribution >= 4 is 17.5 Å². The van der Waals surface area contributed by atoms with Gasteiger partial charge in [0, 0.05) is 18.9 Å². The molecule has 3 heterocycles. The summed E-state index contributed by atoms with van der Waals surface area (Å²) in [4.78, 5) is 29.7. The number of nitrogens with zero attached hydrogens (tertiary/aromatic N) is 3. The molecule has 0 bridgehead atoms. The third-order valence-electron chi connectivity index (χ3n) is 3.99. The minimum absolute atomic E-state index is 0.294. The first-order chi connectivity index (χ1) is 10.1. The quantitative estimate of drug-likeness (QED) is 0.911. The highest BCUT2D eigenvalue weighted by Crippen LogP contribution is 2.24. The van der Waals surface area contributed by atoms with Crippen molar-refractivity contribution in [1.82, 2.24) is 14.3 Å². The van der Waals surface area contributed by atoms with Gasteiger partial charge in [0.05, 0.1) is 0 Å². The number of fused-ring (bicyclic) bond motifs is 1. The van der Waals surface area contributed by atoms with Crippen LogP contribution in [0.25, 0.3) is 5.65 Å². The average Bonchev–Trinajstić information content (AvgIpc) is 2.90. The fourth-order valence-corrected chi connectivity index (χ4v) is 2.80. The van der Waals surface area contributed by atoms with Gasteiger partial charge in [0.2, 0.25) is 0 Å². The zero-order chi connectivity index (χ0) is 15.0. The van der Waals surface area contributed by atoms with Crippen molar-refractivity contribution in [2.75, 3.05) is 6.54 Å². The van der Waals surface area contributed by atoms with E-state index in [4.69, 9.17) is 0 Å². The maximum atomic E-state index is 12.6. The molecule has 2 atom stereocenters. The van der Waals surface area contributed by atoms with Gasteiger partial charge in [0.1, 0.15) is 17.4 Å². The van der Waals surface area contributed by atoms with Crippen molar-refractivity contribution in [2.45, 2.75) is 25.8 Å². The van der Waals surface area contributed by atoms with Crippen LogP contribution in [0.15, 0.2) is 30.6 Å². The number of carboxylic acids is 1. The Balaban J connectivity index is 1.90. The van der Waals surface area contributed by atoms with Gasteiger partial charge in [-0.3, -0.25) is 4.79 Å². The highest BCUT2D eigenvalue weighted by molar-refractivity contribution is 5.95. The molecule has 1 saturated heterocycles. The Morgan fingerprint density at radius 2 is 2.19 bits per heavy atom. The summed E-state index contributed by atoms with van der Waals surface area (Å²) in [5, 5.41) is 9.34. The first-order valence-electron chi connectivity index (χ1n) is 7.04. The molecule has 1 N–H and O–H groups in total. The molecule has 21 heavy (non-hydrogen) atoms. The molecule has 1 aliphatic rings. The molecule has 2 aromatic rings. The standard InChI is InChI=1S/C15H17N3O3/c1-10-5-7-18(12(8-10)15(20)21)14(19)11-9-17-6-3-2-4-13(17)16-11/h2-4,6,9-10,12H,5,7-8H2,1H3,(H,20,21). The van der Waals surface area contributed by atoms with Crippen LogP contribution in [0.1, 0.15) is 30.3 Å². The minimum Gasteiger partial charge on any atom is -0.480 e. The second kappa shape index (κ2) is 5.20. The third kappa shape index (κ3) is 2.49. The number of hydrogen-bond donors (Lipinski definition) is 1. The van der Waals surface area contributed by atoms with Crippen LogP contribution in [0, 0.1) is 5.92 Å². The summed E-state index contributed by atoms with van der Waals surface area (Å²) in [6.45, 7) is 2.48. The topological polar surface area (TPSA) is 74.9 Å². The number of carboxylic acid groups (broad SMARTS) is 1. The van der Waals surface area contributed by atoms with Gasteiger partial charge in [-0.25, -0.2) is 9.78 Å². The third-order valence-corrected chi connectivity index (χ3v) is 3.99. The van der Waals surface area contributed by atoms with E-state index in [0.29, 0.717) is 30.2 Å². The maximum absolute atomic E-state index is 12.6. The summed E-state index contributed by atoms with van der Waals surface area (Å²) in [5.41, 5.74) is 0.972. The molecule has 0 spiro atoms. The van der Waals surface area contributed by atoms with Crippen molar-refractivity contribution in [1.29, 1.82) is 0 Å². The molecule has 0 aromatic carbocycles. The zero-order valence-corrected chi connectivity index (χ0v) is 11.8. The largest absolute Gasteiger partial charge is 0.480 e. The lowest BCUT2D eigenvalue weighted by molar-refractivity contribution is -0.144. The van der Waals surface area contributed by atoms with E-state index in [1.807, 2.05) is 31.3 Å². The number of piperidine rings is 1. The van der Waals surface area contributed by atoms with E-state index >= 15 is 0 Å². The van der Waals surface area contributed by atoms with Crippen LogP contribution in [0.5, 0.6) is 0 Å². The van der Waals surface area contributed by atoms with Crippen LogP contribution < -0.4 is 0 Å². The van der Waals surface area contributed by atoms with Gasteiger partial charge in [-0.05, 0) is 30.9 Å². The van der Waals surface area contributed by atoms with E-state index in [9.17, 15) is 14.7 Å². The van der Waals surface area contributed by atoms with Crippen LogP contribution in [0.3, 0.4) is 0 Å². The van der Waals surface area contributed by atoms with Crippen LogP contribution in [-0.2, 0) is 4.79 Å². The number of carbonyl (C=O) groups excluding carboxylic acids is 1. The van der Waals surface area contributed by atoms with E-state index in [2.05, 4.69) is 4.98 Å². The van der Waals surface area contributed by atoms with Gasteiger partial charge in [-0.15, -0.1) is 0 Å². The van der Waals surface area contributed by atoms with Gasteiger partial charge in [0.25, 0.3) is 5.91 Å². The molecule has 6 heteroatoms. The molecule has 110 valence electrons. The second-order valence-corrected chi connectivity index (χ2v) is 5.57. The lowest BCUT2D eigenvalue weighted by atomic mass is 9.92. The summed E-state index contributed by atoms with van der Waals surface area (Å²) >= 11 is 0. The highest BCUT2D eigenvalue weighted by Gasteiger charge is 2.35. The Bertz CT molecular complexity index is 661. The Labute approximate surface area is 122 Å². The lowest BCUT2D eigenvalue weighted by Crippen LogP contribution is -2.49. The van der Waals surface area contributed by atoms with Crippen molar-refractivity contribution in [3.63, 3.8) is 0 Å². The van der Waals surface area contributed by atoms with Gasteiger partial charge in [-0.1, -0.05) is 13.0 Å². The number of imidazole rings is 1. The molecule has 2 unspecified atom stereocenters. The number of pyridine rings is 1. The van der Waals surface area contributed by atoms with Gasteiger partial charge in [0.15, 0.2) is 0 Å². The molecule has 1 fully saturated rings. The van der Waals surface area contributed by atoms with E-state index < -0.39 is 12.0 Å². The average molecular weight is 287 g/mol. The monoisotopic (exact) mass is 287 g/mol. The summed E-state index contributed by atoms with van der Waals surface area (Å²) in [6.07, 6.45) is 4.78. The fourth-order valence-electron chi connectivity index (χ4n) is 2.80. The van der Waals surface area contributed by atoms with Gasteiger partial charge in [-0.2, -0.15) is 0 Å². The van der Waals surface area contributed by atoms with Crippen molar-refractivity contribution in [2.24, 2.45) is 5.92 Å². The first kappa shape index (κ1) is 13.6. The molecule has 1 aliphatic heterocycles. The van der Waals surface area contributed by atoms with Gasteiger partial charge >= 0.3 is 5.97 Å². The van der Waals surface area contributed by atoms with E-state index in [0.717, 1.165) is 6.42 Å². The smallest absolute Gasteiger partial charge is 0.326 e. The van der Waals surface area contributed by atoms with Crippen molar-refractivity contribution < 1.29 is 14.7 Å². The van der Waals surface area contributed by atoms with Crippen molar-refractivity contribution in [3.05, 3.63) is 36.3 Å². The summed E-state index contributed by atoms with van der Waals surface area (Å²) in [7, 11) is 0. The molecular weight excluding hydrogens is 270 g/mol. The van der Waals surface area contributed by atoms with Crippen LogP contribution >= 0.6 is 0 Å². The maximum Gasteiger partial charge on any atom is 0.326 e. The van der Waals surface area contributed by atoms with E-state index in [-0.39, 0.29) is 5.91 Å². The van der Waals surface area contributed by atoms with E-state index in [1.54, 1.807) is 10.6 Å². The molecule has 3 rings (SSSR count). The normalized spacial score (nSPS) is 22.4. The Hall–Kier alpha value is -2.37. The first-order valence-corrected chi connectivity index (χ1v) is 7.04. The fraction of sp³-hybridized carbons (Fsp3) is 0.400. The number of carbonyl (C=O) groups is 2. The molecule has 0 aliphatic carbocycles. The Kier molecular flexibility index (Phi) is 3.37. The predicted octanol–water partition coefficient (Wildman–Crippen LogP) is 1.66. The Morgan fingerprint density at radius 1 is 1.38 bits per heavy atom. The number of hydrogen-bond acceptors (Lipinski definition) is 3. The molecule has 0 saturated carbocycles. The number of likely N-dealkylation sites (tertiary alicyclic amines) is 1. The lowest BCUT2D eigenvalue weighted by Gasteiger charge is -2.35. The summed E-state index contributed by atoms with van der Waals surface area (Å²) in [5.74, 6) is -0.937. The molecular formula is C15H17N3O3. The van der Waals surface area contributed by atoms with Crippen LogP contribution in [-0.4, -0.2) is 43.9 Å². The summed E-state index contributed by atoms with van der Waals surface area (Å²) in [6, 6.07) is 4.75. The molecule has 0 radical (unpaired) electrons. The van der Waals surface area contributed by atoms with Crippen LogP contribution in [0.2, 0.25) is 0 Å². The molecule has 2 aromatic heterocycles. The minimum atomic E-state index is -0.946. The van der Waals surface area contributed by atoms with Gasteiger partial charge < -0.3 is 14.4 Å². The summed E-state index contributed by atoms with van der Waals surface area (Å²) < 4.78 is 1.76.